The molecule has 1 aliphatic carbocycles. The molecule has 1 aromatic heterocycles. The molecule has 0 atom stereocenters. The summed E-state index contributed by atoms with van der Waals surface area (Å²) in [5.41, 5.74) is 5.80. The number of aryl methyl sites for hydroxylation is 4. The fourth-order valence-corrected chi connectivity index (χ4v) is 4.25. The second kappa shape index (κ2) is 9.34. The molecule has 7 heteroatoms. The first-order valence-electron chi connectivity index (χ1n) is 10.1. The van der Waals surface area contributed by atoms with E-state index in [-0.39, 0.29) is 18.3 Å². The summed E-state index contributed by atoms with van der Waals surface area (Å²) in [7, 11) is 0. The quantitative estimate of drug-likeness (QED) is 0.546. The fourth-order valence-electron chi connectivity index (χ4n) is 3.67. The van der Waals surface area contributed by atoms with E-state index in [9.17, 15) is 4.79 Å². The van der Waals surface area contributed by atoms with Gasteiger partial charge in [0.1, 0.15) is 5.75 Å². The molecule has 1 heterocycles. The van der Waals surface area contributed by atoms with E-state index in [2.05, 4.69) is 33.7 Å². The Morgan fingerprint density at radius 3 is 2.63 bits per heavy atom. The molecule has 0 saturated carbocycles. The predicted molar refractivity (Wildman–Crippen MR) is 117 cm³/mol. The number of amides is 1. The van der Waals surface area contributed by atoms with Crippen LogP contribution in [0.1, 0.15) is 41.0 Å². The number of nitrogens with zero attached hydrogens (tertiary/aromatic N) is 2. The molecule has 0 aliphatic heterocycles. The molecule has 1 N–H and O–H groups in total. The van der Waals surface area contributed by atoms with Gasteiger partial charge in [-0.25, -0.2) is 0 Å². The molecule has 1 amide bonds. The summed E-state index contributed by atoms with van der Waals surface area (Å²) in [6.45, 7) is 4.22. The van der Waals surface area contributed by atoms with Crippen molar-refractivity contribution in [3.63, 3.8) is 0 Å². The highest BCUT2D eigenvalue weighted by Gasteiger charge is 2.13. The van der Waals surface area contributed by atoms with E-state index in [1.165, 1.54) is 35.7 Å². The molecule has 0 saturated heterocycles. The Balaban J connectivity index is 1.26. The van der Waals surface area contributed by atoms with Gasteiger partial charge in [-0.1, -0.05) is 23.9 Å². The van der Waals surface area contributed by atoms with Crippen molar-refractivity contribution in [2.75, 3.05) is 11.1 Å². The predicted octanol–water partition coefficient (Wildman–Crippen LogP) is 4.88. The minimum atomic E-state index is -0.116. The molecule has 3 aromatic rings. The average Bonchev–Trinajstić information content (AvgIpc) is 3.18. The lowest BCUT2D eigenvalue weighted by molar-refractivity contribution is -0.113. The van der Waals surface area contributed by atoms with Crippen molar-refractivity contribution >= 4 is 23.4 Å². The molecular weight excluding hydrogens is 398 g/mol. The Kier molecular flexibility index (Phi) is 6.38. The van der Waals surface area contributed by atoms with Gasteiger partial charge in [0.15, 0.2) is 6.61 Å². The number of thioether (sulfide) groups is 1. The Morgan fingerprint density at radius 2 is 1.83 bits per heavy atom. The number of aromatic nitrogens is 2. The molecule has 30 heavy (non-hydrogen) atoms. The van der Waals surface area contributed by atoms with Crippen LogP contribution in [-0.2, 0) is 24.2 Å². The van der Waals surface area contributed by atoms with E-state index >= 15 is 0 Å². The number of benzene rings is 2. The summed E-state index contributed by atoms with van der Waals surface area (Å²) < 4.78 is 11.4. The zero-order chi connectivity index (χ0) is 20.9. The number of ether oxygens (including phenoxy) is 1. The van der Waals surface area contributed by atoms with Gasteiger partial charge in [-0.05, 0) is 86.1 Å². The van der Waals surface area contributed by atoms with Gasteiger partial charge in [-0.15, -0.1) is 10.2 Å². The number of anilines is 1. The highest BCUT2D eigenvalue weighted by atomic mass is 32.2. The zero-order valence-corrected chi connectivity index (χ0v) is 18.1. The van der Waals surface area contributed by atoms with E-state index in [1.807, 2.05) is 32.0 Å². The van der Waals surface area contributed by atoms with Gasteiger partial charge in [-0.3, -0.25) is 4.79 Å². The second-order valence-corrected chi connectivity index (χ2v) is 8.53. The summed E-state index contributed by atoms with van der Waals surface area (Å²) in [4.78, 5) is 12.2. The van der Waals surface area contributed by atoms with Crippen molar-refractivity contribution in [3.8, 4) is 5.75 Å². The van der Waals surface area contributed by atoms with Crippen LogP contribution in [0.2, 0.25) is 0 Å². The largest absolute Gasteiger partial charge is 0.484 e. The van der Waals surface area contributed by atoms with Gasteiger partial charge in [0.05, 0.1) is 5.75 Å². The fraction of sp³-hybridized carbons (Fsp3) is 0.348. The maximum atomic E-state index is 12.2. The standard InChI is InChI=1S/C23H25N3O3S/c1-15-9-16(2)11-19(10-15)24-21(27)14-30-23-26-25-22(29-23)13-28-20-8-7-17-5-3-4-6-18(17)12-20/h7-12H,3-6,13-14H2,1-2H3,(H,24,27). The average molecular weight is 424 g/mol. The number of rotatable bonds is 7. The first-order chi connectivity index (χ1) is 14.5. The Labute approximate surface area is 180 Å². The van der Waals surface area contributed by atoms with Crippen LogP contribution in [0.4, 0.5) is 5.69 Å². The summed E-state index contributed by atoms with van der Waals surface area (Å²) in [5.74, 6) is 1.29. The molecule has 0 fully saturated rings. The maximum Gasteiger partial charge on any atom is 0.277 e. The molecule has 6 nitrogen and oxygen atoms in total. The number of nitrogens with one attached hydrogen (secondary N) is 1. The highest BCUT2D eigenvalue weighted by Crippen LogP contribution is 2.26. The Morgan fingerprint density at radius 1 is 1.07 bits per heavy atom. The first kappa shape index (κ1) is 20.5. The maximum absolute atomic E-state index is 12.2. The van der Waals surface area contributed by atoms with Crippen molar-refractivity contribution in [1.29, 1.82) is 0 Å². The minimum Gasteiger partial charge on any atom is -0.484 e. The van der Waals surface area contributed by atoms with Crippen molar-refractivity contribution in [3.05, 3.63) is 64.5 Å². The van der Waals surface area contributed by atoms with E-state index in [0.29, 0.717) is 11.1 Å². The van der Waals surface area contributed by atoms with Crippen LogP contribution in [0.5, 0.6) is 5.75 Å². The third-order valence-corrected chi connectivity index (χ3v) is 5.78. The van der Waals surface area contributed by atoms with Crippen LogP contribution in [0.15, 0.2) is 46.0 Å². The highest BCUT2D eigenvalue weighted by molar-refractivity contribution is 7.99. The Hall–Kier alpha value is -2.80. The van der Waals surface area contributed by atoms with E-state index in [4.69, 9.17) is 9.15 Å². The molecule has 0 bridgehead atoms. The van der Waals surface area contributed by atoms with Crippen LogP contribution in [0.25, 0.3) is 0 Å². The van der Waals surface area contributed by atoms with Crippen molar-refractivity contribution in [2.24, 2.45) is 0 Å². The third-order valence-electron chi connectivity index (χ3n) is 4.96. The van der Waals surface area contributed by atoms with Crippen LogP contribution in [0, 0.1) is 13.8 Å². The lowest BCUT2D eigenvalue weighted by atomic mass is 9.92. The smallest absolute Gasteiger partial charge is 0.277 e. The van der Waals surface area contributed by atoms with Crippen molar-refractivity contribution < 1.29 is 13.9 Å². The lowest BCUT2D eigenvalue weighted by Gasteiger charge is -2.16. The van der Waals surface area contributed by atoms with E-state index < -0.39 is 0 Å². The van der Waals surface area contributed by atoms with Crippen LogP contribution < -0.4 is 10.1 Å². The molecule has 0 spiro atoms. The molecule has 4 rings (SSSR count). The van der Waals surface area contributed by atoms with Crippen LogP contribution >= 0.6 is 11.8 Å². The van der Waals surface area contributed by atoms with Gasteiger partial charge in [0, 0.05) is 5.69 Å². The number of carbonyl (C=O) groups is 1. The number of hydrogen-bond donors (Lipinski definition) is 1. The summed E-state index contributed by atoms with van der Waals surface area (Å²) in [6.07, 6.45) is 4.75. The minimum absolute atomic E-state index is 0.116. The lowest BCUT2D eigenvalue weighted by Crippen LogP contribution is -2.14. The number of hydrogen-bond acceptors (Lipinski definition) is 6. The van der Waals surface area contributed by atoms with Gasteiger partial charge < -0.3 is 14.5 Å². The van der Waals surface area contributed by atoms with Gasteiger partial charge in [0.25, 0.3) is 11.1 Å². The molecular formula is C23H25N3O3S. The van der Waals surface area contributed by atoms with Crippen molar-refractivity contribution in [2.45, 2.75) is 51.4 Å². The van der Waals surface area contributed by atoms with Crippen LogP contribution in [-0.4, -0.2) is 21.9 Å². The Bertz CT molecular complexity index is 1030. The normalized spacial score (nSPS) is 13.0. The topological polar surface area (TPSA) is 77.2 Å². The second-order valence-electron chi connectivity index (χ2n) is 7.60. The molecule has 1 aliphatic rings. The van der Waals surface area contributed by atoms with Crippen molar-refractivity contribution in [1.82, 2.24) is 10.2 Å². The number of fused-ring (bicyclic) bond motifs is 1. The molecule has 0 unspecified atom stereocenters. The van der Waals surface area contributed by atoms with Crippen LogP contribution in [0.3, 0.4) is 0 Å². The summed E-state index contributed by atoms with van der Waals surface area (Å²) in [6, 6.07) is 12.2. The first-order valence-corrected chi connectivity index (χ1v) is 11.1. The SMILES string of the molecule is Cc1cc(C)cc(NC(=O)CSc2nnc(COc3ccc4c(c3)CCCC4)o2)c1. The zero-order valence-electron chi connectivity index (χ0n) is 17.2. The van der Waals surface area contributed by atoms with Gasteiger partial charge in [-0.2, -0.15) is 0 Å². The summed E-state index contributed by atoms with van der Waals surface area (Å²) in [5, 5.41) is 11.3. The number of carbonyl (C=O) groups excluding carboxylic acids is 1. The summed E-state index contributed by atoms with van der Waals surface area (Å²) >= 11 is 1.21. The van der Waals surface area contributed by atoms with Gasteiger partial charge in [0.2, 0.25) is 5.91 Å². The van der Waals surface area contributed by atoms with E-state index in [1.54, 1.807) is 0 Å². The molecule has 156 valence electrons. The third kappa shape index (κ3) is 5.42. The van der Waals surface area contributed by atoms with Gasteiger partial charge >= 0.3 is 0 Å². The molecule has 0 radical (unpaired) electrons. The van der Waals surface area contributed by atoms with E-state index in [0.717, 1.165) is 35.4 Å². The monoisotopic (exact) mass is 423 g/mol. The molecule has 2 aromatic carbocycles.